The maximum Gasteiger partial charge on any atom is 1.00 e. The molecule has 0 heterocycles. The number of phenols is 2. The predicted octanol–water partition coefficient (Wildman–Crippen LogP) is -2.02. The molecule has 0 unspecified atom stereocenters. The van der Waals surface area contributed by atoms with Gasteiger partial charge in [0.2, 0.25) is 0 Å². The molecule has 0 aliphatic heterocycles. The van der Waals surface area contributed by atoms with Crippen molar-refractivity contribution in [2.24, 2.45) is 0 Å². The van der Waals surface area contributed by atoms with Gasteiger partial charge in [0.25, 0.3) is 0 Å². The predicted molar refractivity (Wildman–Crippen MR) is 63.1 cm³/mol. The summed E-state index contributed by atoms with van der Waals surface area (Å²) in [5.74, 6) is -2.01. The second kappa shape index (κ2) is 7.07. The minimum Gasteiger partial charge on any atom is -0.549 e. The summed E-state index contributed by atoms with van der Waals surface area (Å²) in [6, 6.07) is 11.8. The summed E-state index contributed by atoms with van der Waals surface area (Å²) in [4.78, 5) is 11.2. The summed E-state index contributed by atoms with van der Waals surface area (Å²) < 4.78 is 0. The van der Waals surface area contributed by atoms with E-state index in [-0.39, 0.29) is 62.9 Å². The molecule has 0 aliphatic carbocycles. The Morgan fingerprint density at radius 3 is 1.42 bits per heavy atom. The monoisotopic (exact) mass is 282 g/mol. The van der Waals surface area contributed by atoms with Crippen molar-refractivity contribution >= 4 is 5.97 Å². The summed E-state index contributed by atoms with van der Waals surface area (Å²) in [5.41, 5.74) is 1.02. The van der Waals surface area contributed by atoms with Gasteiger partial charge in [-0.25, -0.2) is 0 Å². The van der Waals surface area contributed by atoms with Crippen LogP contribution in [0.15, 0.2) is 48.5 Å². The first-order chi connectivity index (χ1) is 8.58. The van der Waals surface area contributed by atoms with Crippen LogP contribution >= 0.6 is 0 Å². The van der Waals surface area contributed by atoms with Crippen LogP contribution < -0.4 is 56.5 Å². The smallest absolute Gasteiger partial charge is 0.549 e. The third kappa shape index (κ3) is 4.05. The number of carbonyl (C=O) groups is 1. The number of benzene rings is 2. The van der Waals surface area contributed by atoms with Crippen molar-refractivity contribution in [1.29, 1.82) is 0 Å². The van der Waals surface area contributed by atoms with Crippen LogP contribution in [0.25, 0.3) is 0 Å². The Morgan fingerprint density at radius 1 is 0.842 bits per heavy atom. The molecule has 0 atom stereocenters. The molecule has 19 heavy (non-hydrogen) atoms. The molecular weight excluding hydrogens is 271 g/mol. The van der Waals surface area contributed by atoms with Gasteiger partial charge >= 0.3 is 51.4 Å². The number of aliphatic carboxylic acids is 1. The molecule has 0 spiro atoms. The third-order valence-corrected chi connectivity index (χ3v) is 2.69. The number of hydrogen-bond acceptors (Lipinski definition) is 4. The van der Waals surface area contributed by atoms with Crippen LogP contribution in [0, 0.1) is 0 Å². The topological polar surface area (TPSA) is 80.6 Å². The average molecular weight is 282 g/mol. The van der Waals surface area contributed by atoms with Crippen LogP contribution in [0.4, 0.5) is 0 Å². The van der Waals surface area contributed by atoms with Gasteiger partial charge in [0.05, 0.1) is 5.97 Å². The van der Waals surface area contributed by atoms with Crippen molar-refractivity contribution in [1.82, 2.24) is 0 Å². The summed E-state index contributed by atoms with van der Waals surface area (Å²) in [6.45, 7) is 0. The SMILES string of the molecule is O=C([O-])C(c1ccc(O)cc1)c1ccc(O)cc1.[K+]. The van der Waals surface area contributed by atoms with E-state index in [4.69, 9.17) is 0 Å². The quantitative estimate of drug-likeness (QED) is 0.637. The largest absolute Gasteiger partial charge is 1.00 e. The van der Waals surface area contributed by atoms with Crippen molar-refractivity contribution in [3.05, 3.63) is 59.7 Å². The molecule has 0 bridgehead atoms. The van der Waals surface area contributed by atoms with Gasteiger partial charge in [-0.05, 0) is 35.4 Å². The number of carbonyl (C=O) groups excluding carboxylic acids is 1. The standard InChI is InChI=1S/C14H12O4.K/c15-11-5-1-9(2-6-11)13(14(17)18)10-3-7-12(16)8-4-10;/h1-8,13,15-16H,(H,17,18);/q;+1/p-1. The summed E-state index contributed by atoms with van der Waals surface area (Å²) >= 11 is 0. The molecule has 0 radical (unpaired) electrons. The van der Waals surface area contributed by atoms with E-state index in [0.29, 0.717) is 11.1 Å². The first-order valence-corrected chi connectivity index (χ1v) is 5.36. The van der Waals surface area contributed by atoms with Crippen LogP contribution in [0.1, 0.15) is 17.0 Å². The molecule has 0 saturated carbocycles. The number of phenolic OH excluding ortho intramolecular Hbond substituents is 2. The van der Waals surface area contributed by atoms with Crippen LogP contribution in [0.3, 0.4) is 0 Å². The van der Waals surface area contributed by atoms with Crippen molar-refractivity contribution in [2.45, 2.75) is 5.92 Å². The second-order valence-corrected chi connectivity index (χ2v) is 3.94. The number of hydrogen-bond donors (Lipinski definition) is 2. The molecule has 5 heteroatoms. The summed E-state index contributed by atoms with van der Waals surface area (Å²) in [5, 5.41) is 29.6. The maximum atomic E-state index is 11.2. The third-order valence-electron chi connectivity index (χ3n) is 2.69. The Labute approximate surface area is 153 Å². The van der Waals surface area contributed by atoms with Gasteiger partial charge in [0.1, 0.15) is 11.5 Å². The molecule has 2 N–H and O–H groups in total. The molecule has 4 nitrogen and oxygen atoms in total. The molecule has 92 valence electrons. The minimum absolute atomic E-state index is 0. The molecule has 2 rings (SSSR count). The van der Waals surface area contributed by atoms with E-state index in [2.05, 4.69) is 0 Å². The Balaban J connectivity index is 0.00000180. The summed E-state index contributed by atoms with van der Waals surface area (Å²) in [6.07, 6.45) is 0. The van der Waals surface area contributed by atoms with E-state index in [1.54, 1.807) is 0 Å². The number of aromatic hydroxyl groups is 2. The van der Waals surface area contributed by atoms with Crippen molar-refractivity contribution in [2.75, 3.05) is 0 Å². The normalized spacial score (nSPS) is 9.95. The number of carboxylic acid groups (broad SMARTS) is 1. The zero-order valence-corrected chi connectivity index (χ0v) is 13.5. The Kier molecular flexibility index (Phi) is 6.03. The Bertz CT molecular complexity index is 503. The van der Waals surface area contributed by atoms with E-state index in [9.17, 15) is 20.1 Å². The van der Waals surface area contributed by atoms with E-state index in [1.807, 2.05) is 0 Å². The van der Waals surface area contributed by atoms with Crippen molar-refractivity contribution in [3.8, 4) is 11.5 Å². The second-order valence-electron chi connectivity index (χ2n) is 3.94. The first-order valence-electron chi connectivity index (χ1n) is 5.36. The van der Waals surface area contributed by atoms with E-state index in [1.165, 1.54) is 48.5 Å². The van der Waals surface area contributed by atoms with Crippen LogP contribution in [0.2, 0.25) is 0 Å². The molecule has 0 fully saturated rings. The summed E-state index contributed by atoms with van der Waals surface area (Å²) in [7, 11) is 0. The number of rotatable bonds is 3. The fourth-order valence-corrected chi connectivity index (χ4v) is 1.80. The zero-order valence-electron chi connectivity index (χ0n) is 10.4. The van der Waals surface area contributed by atoms with E-state index in [0.717, 1.165) is 0 Å². The molecule has 0 amide bonds. The van der Waals surface area contributed by atoms with Gasteiger partial charge in [-0.3, -0.25) is 0 Å². The average Bonchev–Trinajstić information content (AvgIpc) is 2.34. The Morgan fingerprint density at radius 2 is 1.16 bits per heavy atom. The van der Waals surface area contributed by atoms with E-state index < -0.39 is 11.9 Å². The fourth-order valence-electron chi connectivity index (χ4n) is 1.80. The minimum atomic E-state index is -1.23. The van der Waals surface area contributed by atoms with Gasteiger partial charge < -0.3 is 20.1 Å². The fraction of sp³-hybridized carbons (Fsp3) is 0.0714. The zero-order chi connectivity index (χ0) is 13.1. The molecule has 2 aromatic carbocycles. The van der Waals surface area contributed by atoms with Gasteiger partial charge in [-0.2, -0.15) is 0 Å². The van der Waals surface area contributed by atoms with Gasteiger partial charge in [0.15, 0.2) is 0 Å². The van der Waals surface area contributed by atoms with Crippen molar-refractivity contribution in [3.63, 3.8) is 0 Å². The maximum absolute atomic E-state index is 11.2. The number of carboxylic acids is 1. The van der Waals surface area contributed by atoms with Gasteiger partial charge in [0, 0.05) is 5.92 Å². The molecule has 0 aromatic heterocycles. The Hall–Kier alpha value is -0.854. The van der Waals surface area contributed by atoms with Gasteiger partial charge in [-0.15, -0.1) is 0 Å². The molecule has 0 aliphatic rings. The van der Waals surface area contributed by atoms with E-state index >= 15 is 0 Å². The molecular formula is C14H11KO4. The van der Waals surface area contributed by atoms with Gasteiger partial charge in [-0.1, -0.05) is 24.3 Å². The van der Waals surface area contributed by atoms with Crippen LogP contribution in [-0.2, 0) is 4.79 Å². The van der Waals surface area contributed by atoms with Crippen LogP contribution in [0.5, 0.6) is 11.5 Å². The van der Waals surface area contributed by atoms with Crippen LogP contribution in [-0.4, -0.2) is 16.2 Å². The molecule has 2 aromatic rings. The molecule has 0 saturated heterocycles. The first kappa shape index (κ1) is 16.2. The van der Waals surface area contributed by atoms with Crippen molar-refractivity contribution < 1.29 is 71.5 Å².